The third-order valence-electron chi connectivity index (χ3n) is 5.27. The molecule has 2 fully saturated rings. The number of carbonyl (C=O) groups is 1. The minimum Gasteiger partial charge on any atom is -0.322 e. The van der Waals surface area contributed by atoms with Crippen molar-refractivity contribution >= 4 is 29.2 Å². The molecule has 1 aromatic heterocycles. The molecule has 0 N–H and O–H groups in total. The van der Waals surface area contributed by atoms with Gasteiger partial charge >= 0.3 is 6.03 Å². The first-order valence-electron chi connectivity index (χ1n) is 8.49. The second-order valence-corrected chi connectivity index (χ2v) is 8.02. The summed E-state index contributed by atoms with van der Waals surface area (Å²) in [7, 11) is 0. The normalized spacial score (nSPS) is 23.7. The average molecular weight is 379 g/mol. The maximum absolute atomic E-state index is 12.5. The Morgan fingerprint density at radius 3 is 2.76 bits per heavy atom. The van der Waals surface area contributed by atoms with Crippen molar-refractivity contribution in [2.24, 2.45) is 5.41 Å². The lowest BCUT2D eigenvalue weighted by Gasteiger charge is -2.24. The number of nitrogens with zero attached hydrogens (tertiary/aromatic N) is 4. The van der Waals surface area contributed by atoms with Gasteiger partial charge < -0.3 is 4.90 Å². The Morgan fingerprint density at radius 1 is 1.16 bits per heavy atom. The van der Waals surface area contributed by atoms with Crippen LogP contribution in [0.3, 0.4) is 0 Å². The second-order valence-electron chi connectivity index (χ2n) is 7.15. The van der Waals surface area contributed by atoms with Crippen LogP contribution in [0.25, 0.3) is 0 Å². The number of amides is 1. The summed E-state index contributed by atoms with van der Waals surface area (Å²) in [4.78, 5) is 16.9. The van der Waals surface area contributed by atoms with Crippen molar-refractivity contribution in [2.45, 2.75) is 19.4 Å². The van der Waals surface area contributed by atoms with Gasteiger partial charge in [-0.1, -0.05) is 35.3 Å². The third kappa shape index (κ3) is 3.54. The molecule has 1 atom stereocenters. The Bertz CT molecular complexity index is 793. The van der Waals surface area contributed by atoms with E-state index in [0.717, 1.165) is 50.6 Å². The van der Waals surface area contributed by atoms with Crippen molar-refractivity contribution < 1.29 is 4.79 Å². The van der Waals surface area contributed by atoms with Gasteiger partial charge in [0.25, 0.3) is 0 Å². The second kappa shape index (κ2) is 6.63. The summed E-state index contributed by atoms with van der Waals surface area (Å²) in [6.45, 7) is 4.55. The Labute approximate surface area is 157 Å². The summed E-state index contributed by atoms with van der Waals surface area (Å²) in [5.41, 5.74) is 1.44. The standard InChI is InChI=1S/C18H20Cl2N4O/c19-15-3-1-2-14(8-15)10-22-6-4-18(12-22)5-7-23(13-18)17(25)24-11-16(20)9-21-24/h1-3,8-9,11H,4-7,10,12-13H2. The minimum atomic E-state index is -0.0860. The molecule has 1 spiro atoms. The lowest BCUT2D eigenvalue weighted by atomic mass is 9.86. The quantitative estimate of drug-likeness (QED) is 0.798. The molecule has 5 nitrogen and oxygen atoms in total. The van der Waals surface area contributed by atoms with Gasteiger partial charge in [-0.05, 0) is 37.1 Å². The number of rotatable bonds is 2. The molecule has 2 aliphatic heterocycles. The first kappa shape index (κ1) is 16.9. The molecule has 1 aromatic carbocycles. The van der Waals surface area contributed by atoms with Crippen LogP contribution in [0, 0.1) is 5.41 Å². The molecular formula is C18H20Cl2N4O. The predicted molar refractivity (Wildman–Crippen MR) is 98.0 cm³/mol. The number of likely N-dealkylation sites (tertiary alicyclic amines) is 2. The van der Waals surface area contributed by atoms with Crippen LogP contribution in [0.4, 0.5) is 4.79 Å². The monoisotopic (exact) mass is 378 g/mol. The summed E-state index contributed by atoms with van der Waals surface area (Å²) < 4.78 is 1.33. The van der Waals surface area contributed by atoms with E-state index in [1.54, 1.807) is 6.20 Å². The van der Waals surface area contributed by atoms with Gasteiger partial charge in [0, 0.05) is 36.6 Å². The molecule has 2 saturated heterocycles. The smallest absolute Gasteiger partial charge is 0.322 e. The van der Waals surface area contributed by atoms with Crippen LogP contribution in [-0.4, -0.2) is 51.8 Å². The molecule has 0 saturated carbocycles. The molecule has 7 heteroatoms. The maximum atomic E-state index is 12.5. The predicted octanol–water partition coefficient (Wildman–Crippen LogP) is 3.76. The third-order valence-corrected chi connectivity index (χ3v) is 5.70. The van der Waals surface area contributed by atoms with Crippen LogP contribution in [0.5, 0.6) is 0 Å². The number of benzene rings is 1. The highest BCUT2D eigenvalue weighted by molar-refractivity contribution is 6.30. The molecule has 0 radical (unpaired) electrons. The van der Waals surface area contributed by atoms with Crippen LogP contribution in [0.15, 0.2) is 36.7 Å². The highest BCUT2D eigenvalue weighted by Crippen LogP contribution is 2.40. The SMILES string of the molecule is O=C(N1CCC2(CCN(Cc3cccc(Cl)c3)C2)C1)n1cc(Cl)cn1. The highest BCUT2D eigenvalue weighted by Gasteiger charge is 2.44. The molecular weight excluding hydrogens is 359 g/mol. The Hall–Kier alpha value is -1.56. The van der Waals surface area contributed by atoms with Crippen LogP contribution in [0.1, 0.15) is 18.4 Å². The Morgan fingerprint density at radius 2 is 2.00 bits per heavy atom. The van der Waals surface area contributed by atoms with E-state index in [0.29, 0.717) is 5.02 Å². The average Bonchev–Trinajstić information content (AvgIpc) is 3.29. The molecule has 4 rings (SSSR count). The Balaban J connectivity index is 1.38. The lowest BCUT2D eigenvalue weighted by molar-refractivity contribution is 0.196. The number of hydrogen-bond acceptors (Lipinski definition) is 3. The van der Waals surface area contributed by atoms with Crippen molar-refractivity contribution in [3.63, 3.8) is 0 Å². The van der Waals surface area contributed by atoms with Crippen LogP contribution in [-0.2, 0) is 6.54 Å². The van der Waals surface area contributed by atoms with E-state index in [9.17, 15) is 4.79 Å². The van der Waals surface area contributed by atoms with Crippen LogP contribution in [0.2, 0.25) is 10.0 Å². The van der Waals surface area contributed by atoms with E-state index >= 15 is 0 Å². The van der Waals surface area contributed by atoms with Gasteiger partial charge in [-0.2, -0.15) is 9.78 Å². The zero-order valence-corrected chi connectivity index (χ0v) is 15.4. The first-order chi connectivity index (χ1) is 12.0. The molecule has 1 amide bonds. The highest BCUT2D eigenvalue weighted by atomic mass is 35.5. The first-order valence-corrected chi connectivity index (χ1v) is 9.25. The van der Waals surface area contributed by atoms with E-state index in [1.807, 2.05) is 23.1 Å². The topological polar surface area (TPSA) is 41.4 Å². The summed E-state index contributed by atoms with van der Waals surface area (Å²) in [6.07, 6.45) is 5.22. The zero-order valence-electron chi connectivity index (χ0n) is 13.9. The van der Waals surface area contributed by atoms with E-state index in [-0.39, 0.29) is 11.4 Å². The van der Waals surface area contributed by atoms with Crippen molar-refractivity contribution in [1.82, 2.24) is 19.6 Å². The number of aromatic nitrogens is 2. The van der Waals surface area contributed by atoms with Gasteiger partial charge in [-0.15, -0.1) is 0 Å². The summed E-state index contributed by atoms with van der Waals surface area (Å²) in [5, 5.41) is 5.29. The van der Waals surface area contributed by atoms with Gasteiger partial charge in [0.2, 0.25) is 0 Å². The molecule has 0 bridgehead atoms. The van der Waals surface area contributed by atoms with E-state index in [2.05, 4.69) is 16.1 Å². The molecule has 25 heavy (non-hydrogen) atoms. The van der Waals surface area contributed by atoms with Crippen molar-refractivity contribution in [2.75, 3.05) is 26.2 Å². The number of halogens is 2. The van der Waals surface area contributed by atoms with Crippen LogP contribution < -0.4 is 0 Å². The maximum Gasteiger partial charge on any atom is 0.344 e. The van der Waals surface area contributed by atoms with Crippen molar-refractivity contribution in [3.05, 3.63) is 52.3 Å². The molecule has 2 aliphatic rings. The molecule has 132 valence electrons. The Kier molecular flexibility index (Phi) is 4.48. The summed E-state index contributed by atoms with van der Waals surface area (Å²) in [6, 6.07) is 7.95. The lowest BCUT2D eigenvalue weighted by Crippen LogP contribution is -2.36. The van der Waals surface area contributed by atoms with Gasteiger partial charge in [0.1, 0.15) is 0 Å². The largest absolute Gasteiger partial charge is 0.344 e. The summed E-state index contributed by atoms with van der Waals surface area (Å²) in [5.74, 6) is 0. The fourth-order valence-electron chi connectivity index (χ4n) is 4.04. The van der Waals surface area contributed by atoms with Crippen molar-refractivity contribution in [1.29, 1.82) is 0 Å². The van der Waals surface area contributed by atoms with E-state index in [1.165, 1.54) is 16.4 Å². The van der Waals surface area contributed by atoms with Crippen molar-refractivity contribution in [3.8, 4) is 0 Å². The van der Waals surface area contributed by atoms with E-state index in [4.69, 9.17) is 23.2 Å². The number of carbonyl (C=O) groups excluding carboxylic acids is 1. The molecule has 2 aromatic rings. The van der Waals surface area contributed by atoms with Gasteiger partial charge in [-0.25, -0.2) is 4.79 Å². The zero-order chi connectivity index (χ0) is 17.4. The fourth-order valence-corrected chi connectivity index (χ4v) is 4.39. The van der Waals surface area contributed by atoms with Gasteiger partial charge in [0.15, 0.2) is 0 Å². The molecule has 0 aliphatic carbocycles. The summed E-state index contributed by atoms with van der Waals surface area (Å²) >= 11 is 12.0. The molecule has 1 unspecified atom stereocenters. The van der Waals surface area contributed by atoms with Gasteiger partial charge in [0.05, 0.1) is 17.4 Å². The van der Waals surface area contributed by atoms with E-state index < -0.39 is 0 Å². The number of hydrogen-bond donors (Lipinski definition) is 0. The van der Waals surface area contributed by atoms with Crippen LogP contribution >= 0.6 is 23.2 Å². The fraction of sp³-hybridized carbons (Fsp3) is 0.444. The molecule has 3 heterocycles. The van der Waals surface area contributed by atoms with Gasteiger partial charge in [-0.3, -0.25) is 4.90 Å². The minimum absolute atomic E-state index is 0.0860.